The molecule has 0 aromatic rings. The highest BCUT2D eigenvalue weighted by Gasteiger charge is 2.29. The van der Waals surface area contributed by atoms with Gasteiger partial charge in [-0.15, -0.1) is 0 Å². The molecular formula is C11H23NS. The molecule has 1 fully saturated rings. The average molecular weight is 201 g/mol. The van der Waals surface area contributed by atoms with E-state index in [0.717, 1.165) is 17.1 Å². The summed E-state index contributed by atoms with van der Waals surface area (Å²) >= 11 is 2.14. The van der Waals surface area contributed by atoms with Crippen molar-refractivity contribution in [1.29, 1.82) is 0 Å². The normalized spacial score (nSPS) is 34.4. The molecule has 78 valence electrons. The van der Waals surface area contributed by atoms with Gasteiger partial charge < -0.3 is 5.73 Å². The second-order valence-electron chi connectivity index (χ2n) is 4.69. The van der Waals surface area contributed by atoms with Gasteiger partial charge in [-0.25, -0.2) is 0 Å². The minimum absolute atomic E-state index is 0.469. The zero-order valence-electron chi connectivity index (χ0n) is 9.12. The minimum atomic E-state index is 0.469. The zero-order chi connectivity index (χ0) is 9.84. The fourth-order valence-corrected chi connectivity index (χ4v) is 3.57. The van der Waals surface area contributed by atoms with Crippen LogP contribution in [0.1, 0.15) is 40.0 Å². The van der Waals surface area contributed by atoms with E-state index >= 15 is 0 Å². The molecule has 0 aromatic carbocycles. The van der Waals surface area contributed by atoms with E-state index in [2.05, 4.69) is 32.5 Å². The minimum Gasteiger partial charge on any atom is -0.327 e. The first kappa shape index (κ1) is 11.4. The van der Waals surface area contributed by atoms with Crippen molar-refractivity contribution in [3.8, 4) is 0 Å². The topological polar surface area (TPSA) is 26.0 Å². The van der Waals surface area contributed by atoms with Crippen LogP contribution in [0.2, 0.25) is 0 Å². The van der Waals surface area contributed by atoms with Gasteiger partial charge in [0.25, 0.3) is 0 Å². The summed E-state index contributed by atoms with van der Waals surface area (Å²) in [6, 6.07) is 0.469. The molecule has 3 atom stereocenters. The smallest absolute Gasteiger partial charge is 0.00880 e. The first-order valence-electron chi connectivity index (χ1n) is 5.48. The SMILES string of the molecule is CC(C)CCSC1CCC(N)C1C. The van der Waals surface area contributed by atoms with E-state index in [0.29, 0.717) is 6.04 Å². The monoisotopic (exact) mass is 201 g/mol. The van der Waals surface area contributed by atoms with Gasteiger partial charge in [0.15, 0.2) is 0 Å². The lowest BCUT2D eigenvalue weighted by Gasteiger charge is -2.17. The van der Waals surface area contributed by atoms with E-state index in [4.69, 9.17) is 5.73 Å². The quantitative estimate of drug-likeness (QED) is 0.757. The molecule has 2 heteroatoms. The second kappa shape index (κ2) is 5.26. The maximum Gasteiger partial charge on any atom is 0.00880 e. The molecule has 2 N–H and O–H groups in total. The highest BCUT2D eigenvalue weighted by molar-refractivity contribution is 7.99. The lowest BCUT2D eigenvalue weighted by Crippen LogP contribution is -2.26. The number of hydrogen-bond acceptors (Lipinski definition) is 2. The molecule has 1 aliphatic rings. The number of hydrogen-bond donors (Lipinski definition) is 1. The Morgan fingerprint density at radius 2 is 2.08 bits per heavy atom. The molecule has 0 radical (unpaired) electrons. The van der Waals surface area contributed by atoms with Crippen LogP contribution in [0.5, 0.6) is 0 Å². The van der Waals surface area contributed by atoms with Gasteiger partial charge in [-0.05, 0) is 36.9 Å². The summed E-state index contributed by atoms with van der Waals surface area (Å²) in [5.74, 6) is 2.90. The molecule has 0 bridgehead atoms. The van der Waals surface area contributed by atoms with E-state index in [1.54, 1.807) is 0 Å². The molecule has 0 aliphatic heterocycles. The molecule has 1 aliphatic carbocycles. The zero-order valence-corrected chi connectivity index (χ0v) is 9.94. The maximum atomic E-state index is 5.99. The molecule has 1 saturated carbocycles. The third-order valence-corrected chi connectivity index (χ3v) is 4.64. The highest BCUT2D eigenvalue weighted by atomic mass is 32.2. The van der Waals surface area contributed by atoms with Crippen molar-refractivity contribution in [2.24, 2.45) is 17.6 Å². The standard InChI is InChI=1S/C11H23NS/c1-8(2)6-7-13-11-5-4-10(12)9(11)3/h8-11H,4-7,12H2,1-3H3. The van der Waals surface area contributed by atoms with Crippen LogP contribution in [0.15, 0.2) is 0 Å². The van der Waals surface area contributed by atoms with E-state index in [1.165, 1.54) is 25.0 Å². The van der Waals surface area contributed by atoms with Gasteiger partial charge in [-0.1, -0.05) is 20.8 Å². The molecule has 1 rings (SSSR count). The molecule has 0 aromatic heterocycles. The maximum absolute atomic E-state index is 5.99. The average Bonchev–Trinajstić information content (AvgIpc) is 2.35. The Morgan fingerprint density at radius 1 is 1.38 bits per heavy atom. The third kappa shape index (κ3) is 3.51. The Balaban J connectivity index is 2.15. The van der Waals surface area contributed by atoms with E-state index in [1.807, 2.05) is 0 Å². The molecule has 0 spiro atoms. The number of thioether (sulfide) groups is 1. The summed E-state index contributed by atoms with van der Waals surface area (Å²) in [4.78, 5) is 0. The second-order valence-corrected chi connectivity index (χ2v) is 6.04. The Hall–Kier alpha value is 0.310. The molecule has 0 saturated heterocycles. The Kier molecular flexibility index (Phi) is 4.60. The van der Waals surface area contributed by atoms with Crippen molar-refractivity contribution in [3.05, 3.63) is 0 Å². The summed E-state index contributed by atoms with van der Waals surface area (Å²) in [6.45, 7) is 6.90. The van der Waals surface area contributed by atoms with Crippen LogP contribution in [-0.4, -0.2) is 17.0 Å². The first-order valence-corrected chi connectivity index (χ1v) is 6.53. The van der Waals surface area contributed by atoms with E-state index < -0.39 is 0 Å². The van der Waals surface area contributed by atoms with Crippen molar-refractivity contribution in [3.63, 3.8) is 0 Å². The fraction of sp³-hybridized carbons (Fsp3) is 1.00. The fourth-order valence-electron chi connectivity index (χ4n) is 1.85. The van der Waals surface area contributed by atoms with Crippen LogP contribution in [0.4, 0.5) is 0 Å². The number of rotatable bonds is 4. The predicted octanol–water partition coefficient (Wildman–Crippen LogP) is 2.89. The van der Waals surface area contributed by atoms with Gasteiger partial charge in [-0.2, -0.15) is 11.8 Å². The summed E-state index contributed by atoms with van der Waals surface area (Å²) < 4.78 is 0. The summed E-state index contributed by atoms with van der Waals surface area (Å²) in [5.41, 5.74) is 5.99. The van der Waals surface area contributed by atoms with Crippen LogP contribution in [0.25, 0.3) is 0 Å². The van der Waals surface area contributed by atoms with Crippen LogP contribution >= 0.6 is 11.8 Å². The molecule has 13 heavy (non-hydrogen) atoms. The molecule has 3 unspecified atom stereocenters. The molecular weight excluding hydrogens is 178 g/mol. The van der Waals surface area contributed by atoms with Crippen molar-refractivity contribution >= 4 is 11.8 Å². The van der Waals surface area contributed by atoms with E-state index in [-0.39, 0.29) is 0 Å². The van der Waals surface area contributed by atoms with Gasteiger partial charge in [-0.3, -0.25) is 0 Å². The molecule has 0 heterocycles. The van der Waals surface area contributed by atoms with Gasteiger partial charge in [0.1, 0.15) is 0 Å². The van der Waals surface area contributed by atoms with Crippen molar-refractivity contribution in [2.75, 3.05) is 5.75 Å². The van der Waals surface area contributed by atoms with Gasteiger partial charge in [0.2, 0.25) is 0 Å². The lowest BCUT2D eigenvalue weighted by molar-refractivity contribution is 0.534. The Morgan fingerprint density at radius 3 is 2.54 bits per heavy atom. The van der Waals surface area contributed by atoms with Crippen LogP contribution in [0, 0.1) is 11.8 Å². The summed E-state index contributed by atoms with van der Waals surface area (Å²) in [5, 5.41) is 0.841. The van der Waals surface area contributed by atoms with Gasteiger partial charge in [0, 0.05) is 11.3 Å². The first-order chi connectivity index (χ1) is 6.11. The number of nitrogens with two attached hydrogens (primary N) is 1. The molecule has 1 nitrogen and oxygen atoms in total. The predicted molar refractivity (Wildman–Crippen MR) is 62.1 cm³/mol. The van der Waals surface area contributed by atoms with Crippen molar-refractivity contribution in [1.82, 2.24) is 0 Å². The lowest BCUT2D eigenvalue weighted by atomic mass is 10.1. The van der Waals surface area contributed by atoms with Gasteiger partial charge in [0.05, 0.1) is 0 Å². The Labute approximate surface area is 86.8 Å². The summed E-state index contributed by atoms with van der Waals surface area (Å²) in [7, 11) is 0. The van der Waals surface area contributed by atoms with Crippen LogP contribution in [-0.2, 0) is 0 Å². The summed E-state index contributed by atoms with van der Waals surface area (Å²) in [6.07, 6.45) is 3.93. The van der Waals surface area contributed by atoms with Crippen LogP contribution < -0.4 is 5.73 Å². The van der Waals surface area contributed by atoms with E-state index in [9.17, 15) is 0 Å². The largest absolute Gasteiger partial charge is 0.327 e. The van der Waals surface area contributed by atoms with Crippen molar-refractivity contribution < 1.29 is 0 Å². The highest BCUT2D eigenvalue weighted by Crippen LogP contribution is 2.34. The van der Waals surface area contributed by atoms with Gasteiger partial charge >= 0.3 is 0 Å². The van der Waals surface area contributed by atoms with Crippen LogP contribution in [0.3, 0.4) is 0 Å². The third-order valence-electron chi connectivity index (χ3n) is 3.07. The van der Waals surface area contributed by atoms with Crippen molar-refractivity contribution in [2.45, 2.75) is 51.3 Å². The Bertz CT molecular complexity index is 147. The molecule has 0 amide bonds.